The molecule has 0 bridgehead atoms. The lowest BCUT2D eigenvalue weighted by molar-refractivity contribution is 0.305. The van der Waals surface area contributed by atoms with Crippen LogP contribution in [-0.2, 0) is 6.61 Å². The van der Waals surface area contributed by atoms with E-state index in [0.29, 0.717) is 12.4 Å². The molecule has 1 heterocycles. The second-order valence-corrected chi connectivity index (χ2v) is 4.03. The van der Waals surface area contributed by atoms with Crippen LogP contribution in [0, 0.1) is 5.82 Å². The van der Waals surface area contributed by atoms with E-state index in [2.05, 4.69) is 10.3 Å². The van der Waals surface area contributed by atoms with Gasteiger partial charge in [0.1, 0.15) is 24.0 Å². The lowest BCUT2D eigenvalue weighted by Gasteiger charge is -2.09. The maximum absolute atomic E-state index is 13.2. The van der Waals surface area contributed by atoms with Gasteiger partial charge in [0.05, 0.1) is 5.02 Å². The Balaban J connectivity index is 2.09. The van der Waals surface area contributed by atoms with E-state index in [1.54, 1.807) is 19.3 Å². The molecule has 1 aromatic carbocycles. The molecule has 0 aliphatic heterocycles. The van der Waals surface area contributed by atoms with Crippen molar-refractivity contribution < 1.29 is 9.13 Å². The van der Waals surface area contributed by atoms with Crippen molar-refractivity contribution in [2.24, 2.45) is 0 Å². The van der Waals surface area contributed by atoms with Gasteiger partial charge in [0.15, 0.2) is 0 Å². The van der Waals surface area contributed by atoms with Gasteiger partial charge in [0.2, 0.25) is 0 Å². The van der Waals surface area contributed by atoms with Crippen molar-refractivity contribution in [3.05, 3.63) is 52.9 Å². The number of nitrogens with one attached hydrogen (secondary N) is 1. The fourth-order valence-electron chi connectivity index (χ4n) is 1.51. The summed E-state index contributed by atoms with van der Waals surface area (Å²) in [5.74, 6) is 0.684. The van der Waals surface area contributed by atoms with Gasteiger partial charge in [0, 0.05) is 24.9 Å². The molecule has 0 fully saturated rings. The molecule has 5 heteroatoms. The van der Waals surface area contributed by atoms with Crippen molar-refractivity contribution in [2.75, 3.05) is 12.4 Å². The first-order valence-electron chi connectivity index (χ1n) is 5.40. The quantitative estimate of drug-likeness (QED) is 0.920. The fraction of sp³-hybridized carbons (Fsp3) is 0.154. The van der Waals surface area contributed by atoms with Crippen LogP contribution in [0.15, 0.2) is 36.5 Å². The van der Waals surface area contributed by atoms with Crippen LogP contribution in [0.3, 0.4) is 0 Å². The highest BCUT2D eigenvalue weighted by atomic mass is 35.5. The predicted molar refractivity (Wildman–Crippen MR) is 69.5 cm³/mol. The highest BCUT2D eigenvalue weighted by molar-refractivity contribution is 6.30. The number of pyridine rings is 1. The van der Waals surface area contributed by atoms with Crippen LogP contribution >= 0.6 is 11.6 Å². The maximum atomic E-state index is 13.2. The molecule has 2 aromatic rings. The minimum absolute atomic E-state index is 0.0830. The van der Waals surface area contributed by atoms with Gasteiger partial charge in [0.25, 0.3) is 0 Å². The van der Waals surface area contributed by atoms with E-state index in [0.717, 1.165) is 11.4 Å². The lowest BCUT2D eigenvalue weighted by atomic mass is 10.2. The highest BCUT2D eigenvalue weighted by Gasteiger charge is 2.05. The first kappa shape index (κ1) is 12.6. The molecule has 3 nitrogen and oxygen atoms in total. The Hall–Kier alpha value is -1.81. The van der Waals surface area contributed by atoms with Gasteiger partial charge >= 0.3 is 0 Å². The Labute approximate surface area is 110 Å². The zero-order valence-corrected chi connectivity index (χ0v) is 10.5. The summed E-state index contributed by atoms with van der Waals surface area (Å²) in [7, 11) is 1.79. The van der Waals surface area contributed by atoms with Gasteiger partial charge in [-0.05, 0) is 18.2 Å². The van der Waals surface area contributed by atoms with Gasteiger partial charge in [-0.2, -0.15) is 0 Å². The largest absolute Gasteiger partial charge is 0.489 e. The Morgan fingerprint density at radius 1 is 1.39 bits per heavy atom. The third-order valence-electron chi connectivity index (χ3n) is 2.41. The molecule has 0 spiro atoms. The number of anilines is 1. The van der Waals surface area contributed by atoms with Crippen molar-refractivity contribution in [1.29, 1.82) is 0 Å². The van der Waals surface area contributed by atoms with Crippen molar-refractivity contribution in [1.82, 2.24) is 4.98 Å². The van der Waals surface area contributed by atoms with Crippen LogP contribution in [0.4, 0.5) is 10.2 Å². The fourth-order valence-corrected chi connectivity index (χ4v) is 1.63. The monoisotopic (exact) mass is 266 g/mol. The molecule has 0 aliphatic carbocycles. The summed E-state index contributed by atoms with van der Waals surface area (Å²) in [6, 6.07) is 8.07. The first-order chi connectivity index (χ1) is 8.70. The van der Waals surface area contributed by atoms with Gasteiger partial charge in [-0.25, -0.2) is 9.37 Å². The van der Waals surface area contributed by atoms with Crippen LogP contribution in [0.1, 0.15) is 5.56 Å². The predicted octanol–water partition coefficient (Wildman–Crippen LogP) is 3.49. The van der Waals surface area contributed by atoms with E-state index >= 15 is 0 Å². The summed E-state index contributed by atoms with van der Waals surface area (Å²) >= 11 is 5.59. The van der Waals surface area contributed by atoms with E-state index in [4.69, 9.17) is 16.3 Å². The zero-order valence-electron chi connectivity index (χ0n) is 9.78. The number of hydrogen-bond donors (Lipinski definition) is 1. The minimum Gasteiger partial charge on any atom is -0.489 e. The molecule has 1 aromatic heterocycles. The van der Waals surface area contributed by atoms with Crippen LogP contribution in [0.2, 0.25) is 5.02 Å². The van der Waals surface area contributed by atoms with E-state index in [1.807, 2.05) is 12.1 Å². The van der Waals surface area contributed by atoms with Crippen LogP contribution in [-0.4, -0.2) is 12.0 Å². The number of benzene rings is 1. The second kappa shape index (κ2) is 5.69. The molecule has 94 valence electrons. The summed E-state index contributed by atoms with van der Waals surface area (Å²) in [5.41, 5.74) is 0.898. The third kappa shape index (κ3) is 2.90. The minimum atomic E-state index is -0.491. The summed E-state index contributed by atoms with van der Waals surface area (Å²) in [5, 5.41) is 3.05. The third-order valence-corrected chi connectivity index (χ3v) is 2.72. The number of nitrogens with zero attached hydrogens (tertiary/aromatic N) is 1. The molecule has 0 radical (unpaired) electrons. The smallest absolute Gasteiger partial charge is 0.145 e. The molecular formula is C13H12ClFN2O. The van der Waals surface area contributed by atoms with Crippen molar-refractivity contribution in [2.45, 2.75) is 6.61 Å². The SMILES string of the molecule is CNc1ncccc1COc1ccc(Cl)c(F)c1. The normalized spacial score (nSPS) is 10.2. The molecule has 0 saturated carbocycles. The Bertz CT molecular complexity index is 548. The molecule has 0 atom stereocenters. The molecule has 18 heavy (non-hydrogen) atoms. The zero-order chi connectivity index (χ0) is 13.0. The van der Waals surface area contributed by atoms with Crippen LogP contribution in [0.5, 0.6) is 5.75 Å². The summed E-state index contributed by atoms with van der Waals surface area (Å²) in [4.78, 5) is 4.15. The van der Waals surface area contributed by atoms with Crippen LogP contribution < -0.4 is 10.1 Å². The summed E-state index contributed by atoms with van der Waals surface area (Å²) in [6.45, 7) is 0.311. The molecule has 0 saturated heterocycles. The number of aromatic nitrogens is 1. The molecule has 0 aliphatic rings. The van der Waals surface area contributed by atoms with Crippen molar-refractivity contribution >= 4 is 17.4 Å². The number of halogens is 2. The van der Waals surface area contributed by atoms with E-state index < -0.39 is 5.82 Å². The molecule has 1 N–H and O–H groups in total. The van der Waals surface area contributed by atoms with Gasteiger partial charge < -0.3 is 10.1 Å². The lowest BCUT2D eigenvalue weighted by Crippen LogP contribution is -2.02. The van der Waals surface area contributed by atoms with Gasteiger partial charge in [-0.3, -0.25) is 0 Å². The summed E-state index contributed by atoms with van der Waals surface area (Å²) < 4.78 is 18.7. The van der Waals surface area contributed by atoms with Crippen molar-refractivity contribution in [3.8, 4) is 5.75 Å². The average molecular weight is 267 g/mol. The van der Waals surface area contributed by atoms with E-state index in [-0.39, 0.29) is 5.02 Å². The summed E-state index contributed by atoms with van der Waals surface area (Å²) in [6.07, 6.45) is 1.69. The number of hydrogen-bond acceptors (Lipinski definition) is 3. The Kier molecular flexibility index (Phi) is 3.99. The molecular weight excluding hydrogens is 255 g/mol. The molecule has 0 amide bonds. The Morgan fingerprint density at radius 2 is 2.22 bits per heavy atom. The van der Waals surface area contributed by atoms with Gasteiger partial charge in [-0.1, -0.05) is 17.7 Å². The number of ether oxygens (including phenoxy) is 1. The average Bonchev–Trinajstić information content (AvgIpc) is 2.40. The topological polar surface area (TPSA) is 34.2 Å². The van der Waals surface area contributed by atoms with E-state index in [1.165, 1.54) is 12.1 Å². The Morgan fingerprint density at radius 3 is 2.94 bits per heavy atom. The maximum Gasteiger partial charge on any atom is 0.145 e. The first-order valence-corrected chi connectivity index (χ1v) is 5.78. The van der Waals surface area contributed by atoms with Crippen molar-refractivity contribution in [3.63, 3.8) is 0 Å². The second-order valence-electron chi connectivity index (χ2n) is 3.63. The van der Waals surface area contributed by atoms with Crippen LogP contribution in [0.25, 0.3) is 0 Å². The van der Waals surface area contributed by atoms with Gasteiger partial charge in [-0.15, -0.1) is 0 Å². The molecule has 2 rings (SSSR count). The number of rotatable bonds is 4. The standard InChI is InChI=1S/C13H12ClFN2O/c1-16-13-9(3-2-6-17-13)8-18-10-4-5-11(14)12(15)7-10/h2-7H,8H2,1H3,(H,16,17). The molecule has 0 unspecified atom stereocenters. The van der Waals surface area contributed by atoms with E-state index in [9.17, 15) is 4.39 Å². The highest BCUT2D eigenvalue weighted by Crippen LogP contribution is 2.22.